The molecule has 0 saturated carbocycles. The second kappa shape index (κ2) is 12.7. The molecule has 0 amide bonds. The summed E-state index contributed by atoms with van der Waals surface area (Å²) in [5.41, 5.74) is 11.1. The largest absolute Gasteiger partial charge is 0.456 e. The van der Waals surface area contributed by atoms with Crippen LogP contribution in [0.15, 0.2) is 174 Å². The fourth-order valence-corrected chi connectivity index (χ4v) is 6.65. The minimum atomic E-state index is 0.497. The number of benzene rings is 7. The molecule has 2 heterocycles. The van der Waals surface area contributed by atoms with Crippen LogP contribution in [-0.4, -0.2) is 15.0 Å². The maximum atomic E-state index is 10.2. The average molecular weight is 653 g/mol. The molecule has 2 aromatic heterocycles. The maximum Gasteiger partial charge on any atom is 0.164 e. The van der Waals surface area contributed by atoms with Crippen molar-refractivity contribution >= 4 is 21.9 Å². The molecule has 5 heteroatoms. The van der Waals surface area contributed by atoms with Crippen LogP contribution in [0.4, 0.5) is 0 Å². The second-order valence-corrected chi connectivity index (χ2v) is 12.4. The standard InChI is InChI=1S/C46H28N4O/c47-29-30-25-37(27-38(26-30)46-49-44(34-13-6-2-7-14-34)48-45(50-46)35-15-8-3-9-16-35)36-23-24-41-40(28-36)43-39(17-10-18-42(43)51-41)33-21-19-32(20-22-33)31-11-4-1-5-12-31/h1-28H. The van der Waals surface area contributed by atoms with Gasteiger partial charge in [-0.15, -0.1) is 0 Å². The molecule has 0 aliphatic carbocycles. The van der Waals surface area contributed by atoms with Gasteiger partial charge in [-0.2, -0.15) is 5.26 Å². The summed E-state index contributed by atoms with van der Waals surface area (Å²) in [6.45, 7) is 0. The number of nitrogens with zero attached hydrogens (tertiary/aromatic N) is 4. The van der Waals surface area contributed by atoms with Crippen LogP contribution in [0, 0.1) is 11.3 Å². The van der Waals surface area contributed by atoms with E-state index in [1.807, 2.05) is 109 Å². The van der Waals surface area contributed by atoms with E-state index in [0.717, 1.165) is 60.9 Å². The molecule has 0 bridgehead atoms. The highest BCUT2D eigenvalue weighted by Crippen LogP contribution is 2.39. The van der Waals surface area contributed by atoms with E-state index < -0.39 is 0 Å². The van der Waals surface area contributed by atoms with E-state index in [0.29, 0.717) is 23.0 Å². The van der Waals surface area contributed by atoms with Gasteiger partial charge in [0.25, 0.3) is 0 Å². The number of rotatable bonds is 6. The molecule has 7 aromatic carbocycles. The van der Waals surface area contributed by atoms with Crippen molar-refractivity contribution in [2.75, 3.05) is 0 Å². The first-order chi connectivity index (χ1) is 25.2. The summed E-state index contributed by atoms with van der Waals surface area (Å²) >= 11 is 0. The van der Waals surface area contributed by atoms with E-state index in [-0.39, 0.29) is 0 Å². The Morgan fingerprint density at radius 2 is 0.922 bits per heavy atom. The molecule has 0 aliphatic heterocycles. The molecule has 0 radical (unpaired) electrons. The quantitative estimate of drug-likeness (QED) is 0.179. The van der Waals surface area contributed by atoms with Crippen LogP contribution in [-0.2, 0) is 0 Å². The number of aromatic nitrogens is 3. The molecule has 9 rings (SSSR count). The molecule has 0 N–H and O–H groups in total. The van der Waals surface area contributed by atoms with Crippen molar-refractivity contribution in [3.05, 3.63) is 175 Å². The van der Waals surface area contributed by atoms with Gasteiger partial charge in [-0.1, -0.05) is 133 Å². The third kappa shape index (κ3) is 5.71. The molecule has 0 fully saturated rings. The molecule has 9 aromatic rings. The van der Waals surface area contributed by atoms with Gasteiger partial charge in [-0.3, -0.25) is 0 Å². The molecule has 5 nitrogen and oxygen atoms in total. The number of fused-ring (bicyclic) bond motifs is 3. The summed E-state index contributed by atoms with van der Waals surface area (Å²) in [7, 11) is 0. The Hall–Kier alpha value is -7.16. The highest BCUT2D eigenvalue weighted by atomic mass is 16.3. The molecular formula is C46H28N4O. The van der Waals surface area contributed by atoms with Crippen LogP contribution < -0.4 is 0 Å². The lowest BCUT2D eigenvalue weighted by molar-refractivity contribution is 0.669. The predicted molar refractivity (Wildman–Crippen MR) is 204 cm³/mol. The highest BCUT2D eigenvalue weighted by Gasteiger charge is 2.17. The Morgan fingerprint density at radius 3 is 1.55 bits per heavy atom. The second-order valence-electron chi connectivity index (χ2n) is 12.4. The molecule has 51 heavy (non-hydrogen) atoms. The van der Waals surface area contributed by atoms with Gasteiger partial charge in [0.15, 0.2) is 17.5 Å². The van der Waals surface area contributed by atoms with E-state index in [4.69, 9.17) is 19.4 Å². The van der Waals surface area contributed by atoms with E-state index in [1.54, 1.807) is 0 Å². The molecular weight excluding hydrogens is 625 g/mol. The van der Waals surface area contributed by atoms with Crippen LogP contribution in [0.3, 0.4) is 0 Å². The number of nitriles is 1. The molecule has 0 unspecified atom stereocenters. The summed E-state index contributed by atoms with van der Waals surface area (Å²) in [6.07, 6.45) is 0. The minimum Gasteiger partial charge on any atom is -0.456 e. The summed E-state index contributed by atoms with van der Waals surface area (Å²) < 4.78 is 6.37. The van der Waals surface area contributed by atoms with Crippen molar-refractivity contribution in [2.45, 2.75) is 0 Å². The lowest BCUT2D eigenvalue weighted by Crippen LogP contribution is -2.00. The highest BCUT2D eigenvalue weighted by molar-refractivity contribution is 6.13. The van der Waals surface area contributed by atoms with Crippen molar-refractivity contribution in [1.82, 2.24) is 15.0 Å². The van der Waals surface area contributed by atoms with Crippen molar-refractivity contribution in [3.63, 3.8) is 0 Å². The summed E-state index contributed by atoms with van der Waals surface area (Å²) in [6, 6.07) is 59.4. The maximum absolute atomic E-state index is 10.2. The fraction of sp³-hybridized carbons (Fsp3) is 0. The van der Waals surface area contributed by atoms with Gasteiger partial charge < -0.3 is 4.42 Å². The third-order valence-corrected chi connectivity index (χ3v) is 9.15. The normalized spacial score (nSPS) is 11.1. The lowest BCUT2D eigenvalue weighted by atomic mass is 9.95. The van der Waals surface area contributed by atoms with Gasteiger partial charge in [0.1, 0.15) is 11.2 Å². The minimum absolute atomic E-state index is 0.497. The first kappa shape index (κ1) is 29.9. The zero-order valence-corrected chi connectivity index (χ0v) is 27.4. The van der Waals surface area contributed by atoms with Gasteiger partial charge in [0, 0.05) is 27.5 Å². The summed E-state index contributed by atoms with van der Waals surface area (Å²) in [5.74, 6) is 1.63. The summed E-state index contributed by atoms with van der Waals surface area (Å²) in [4.78, 5) is 14.7. The number of hydrogen-bond donors (Lipinski definition) is 0. The Balaban J connectivity index is 1.17. The van der Waals surface area contributed by atoms with Gasteiger partial charge in [-0.05, 0) is 69.8 Å². The Kier molecular flexibility index (Phi) is 7.46. The van der Waals surface area contributed by atoms with Gasteiger partial charge in [0.05, 0.1) is 11.6 Å². The van der Waals surface area contributed by atoms with Crippen molar-refractivity contribution in [1.29, 1.82) is 5.26 Å². The van der Waals surface area contributed by atoms with E-state index in [1.165, 1.54) is 11.1 Å². The van der Waals surface area contributed by atoms with Crippen molar-refractivity contribution in [2.24, 2.45) is 0 Å². The molecule has 238 valence electrons. The van der Waals surface area contributed by atoms with E-state index in [2.05, 4.69) is 66.7 Å². The van der Waals surface area contributed by atoms with Crippen LogP contribution in [0.2, 0.25) is 0 Å². The molecule has 0 aliphatic rings. The fourth-order valence-electron chi connectivity index (χ4n) is 6.65. The molecule has 0 atom stereocenters. The first-order valence-corrected chi connectivity index (χ1v) is 16.7. The Bertz CT molecular complexity index is 2670. The lowest BCUT2D eigenvalue weighted by Gasteiger charge is -2.10. The zero-order chi connectivity index (χ0) is 34.1. The summed E-state index contributed by atoms with van der Waals surface area (Å²) in [5, 5.41) is 12.2. The Labute approximate surface area is 294 Å². The van der Waals surface area contributed by atoms with Crippen LogP contribution >= 0.6 is 0 Å². The SMILES string of the molecule is N#Cc1cc(-c2ccc3oc4cccc(-c5ccc(-c6ccccc6)cc5)c4c3c2)cc(-c2nc(-c3ccccc3)nc(-c3ccccc3)n2)c1. The monoisotopic (exact) mass is 652 g/mol. The zero-order valence-electron chi connectivity index (χ0n) is 27.4. The van der Waals surface area contributed by atoms with Crippen LogP contribution in [0.5, 0.6) is 0 Å². The third-order valence-electron chi connectivity index (χ3n) is 9.15. The molecule has 0 saturated heterocycles. The van der Waals surface area contributed by atoms with Crippen LogP contribution in [0.25, 0.3) is 89.5 Å². The van der Waals surface area contributed by atoms with E-state index >= 15 is 0 Å². The van der Waals surface area contributed by atoms with Gasteiger partial charge >= 0.3 is 0 Å². The number of furan rings is 1. The topological polar surface area (TPSA) is 75.6 Å². The molecule has 0 spiro atoms. The smallest absolute Gasteiger partial charge is 0.164 e. The Morgan fingerprint density at radius 1 is 0.392 bits per heavy atom. The number of hydrogen-bond acceptors (Lipinski definition) is 5. The predicted octanol–water partition coefficient (Wildman–Crippen LogP) is 11.6. The van der Waals surface area contributed by atoms with Crippen LogP contribution in [0.1, 0.15) is 5.56 Å². The van der Waals surface area contributed by atoms with E-state index in [9.17, 15) is 5.26 Å². The van der Waals surface area contributed by atoms with Gasteiger partial charge in [-0.25, -0.2) is 15.0 Å². The van der Waals surface area contributed by atoms with Crippen molar-refractivity contribution < 1.29 is 4.42 Å². The first-order valence-electron chi connectivity index (χ1n) is 16.7. The average Bonchev–Trinajstić information content (AvgIpc) is 3.60. The van der Waals surface area contributed by atoms with Crippen molar-refractivity contribution in [3.8, 4) is 73.6 Å². The van der Waals surface area contributed by atoms with Gasteiger partial charge in [0.2, 0.25) is 0 Å².